The highest BCUT2D eigenvalue weighted by Gasteiger charge is 2.26. The van der Waals surface area contributed by atoms with Crippen LogP contribution < -0.4 is 0 Å². The Kier molecular flexibility index (Phi) is 8.70. The monoisotopic (exact) mass is 446 g/mol. The first kappa shape index (κ1) is 23.8. The molecule has 0 saturated heterocycles. The van der Waals surface area contributed by atoms with Gasteiger partial charge in [-0.05, 0) is 41.8 Å². The number of benzene rings is 2. The van der Waals surface area contributed by atoms with E-state index in [0.29, 0.717) is 32.4 Å². The van der Waals surface area contributed by atoms with E-state index in [1.807, 2.05) is 11.8 Å². The summed E-state index contributed by atoms with van der Waals surface area (Å²) < 4.78 is 31.6. The van der Waals surface area contributed by atoms with Crippen LogP contribution in [-0.4, -0.2) is 53.6 Å². The van der Waals surface area contributed by atoms with Crippen LogP contribution in [-0.2, 0) is 20.9 Å². The van der Waals surface area contributed by atoms with Gasteiger partial charge < -0.3 is 14.7 Å². The number of aliphatic hydroxyl groups is 1. The zero-order valence-corrected chi connectivity index (χ0v) is 18.0. The fraction of sp³-hybridized carbons (Fsp3) is 0.417. The van der Waals surface area contributed by atoms with Crippen molar-refractivity contribution in [3.63, 3.8) is 0 Å². The second kappa shape index (κ2) is 11.7. The number of halogens is 2. The number of hydrogen-bond donors (Lipinski definition) is 1. The van der Waals surface area contributed by atoms with E-state index in [9.17, 15) is 18.7 Å². The zero-order valence-electron chi connectivity index (χ0n) is 18.0. The highest BCUT2D eigenvalue weighted by molar-refractivity contribution is 6.01. The van der Waals surface area contributed by atoms with Gasteiger partial charge in [0.15, 0.2) is 0 Å². The van der Waals surface area contributed by atoms with Crippen molar-refractivity contribution in [1.82, 2.24) is 4.90 Å². The highest BCUT2D eigenvalue weighted by atomic mass is 19.1. The summed E-state index contributed by atoms with van der Waals surface area (Å²) in [5.41, 5.74) is 2.40. The molecule has 0 bridgehead atoms. The molecule has 0 fully saturated rings. The quantitative estimate of drug-likeness (QED) is 0.534. The van der Waals surface area contributed by atoms with Gasteiger partial charge in [0.2, 0.25) is 0 Å². The van der Waals surface area contributed by atoms with Gasteiger partial charge in [-0.3, -0.25) is 9.69 Å². The maximum absolute atomic E-state index is 13.3. The molecule has 0 aliphatic carbocycles. The molecule has 2 aromatic rings. The number of hydrogen-bond acceptors (Lipinski definition) is 6. The molecule has 2 atom stereocenters. The SMILES string of the molecule is CCCC(=O)OCC(O)CN(Cc1ccc(F)cc1)CC1CC(c2ccc(F)cc2)=NO1. The molecule has 1 aliphatic heterocycles. The number of oxime groups is 1. The smallest absolute Gasteiger partial charge is 0.305 e. The van der Waals surface area contributed by atoms with Crippen molar-refractivity contribution < 1.29 is 28.3 Å². The van der Waals surface area contributed by atoms with E-state index in [2.05, 4.69) is 5.16 Å². The van der Waals surface area contributed by atoms with Gasteiger partial charge in [-0.1, -0.05) is 36.3 Å². The molecule has 1 aliphatic rings. The minimum atomic E-state index is -0.879. The van der Waals surface area contributed by atoms with Crippen molar-refractivity contribution in [1.29, 1.82) is 0 Å². The maximum atomic E-state index is 13.3. The highest BCUT2D eigenvalue weighted by Crippen LogP contribution is 2.19. The lowest BCUT2D eigenvalue weighted by Gasteiger charge is -2.27. The second-order valence-electron chi connectivity index (χ2n) is 7.88. The molecule has 0 amide bonds. The van der Waals surface area contributed by atoms with Crippen LogP contribution in [0.4, 0.5) is 8.78 Å². The van der Waals surface area contributed by atoms with E-state index in [1.165, 1.54) is 24.3 Å². The van der Waals surface area contributed by atoms with Gasteiger partial charge in [0.1, 0.15) is 30.4 Å². The minimum absolute atomic E-state index is 0.0956. The molecular formula is C24H28F2N2O4. The van der Waals surface area contributed by atoms with E-state index in [4.69, 9.17) is 9.57 Å². The molecule has 0 aromatic heterocycles. The summed E-state index contributed by atoms with van der Waals surface area (Å²) in [6.07, 6.45) is 0.389. The van der Waals surface area contributed by atoms with E-state index in [0.717, 1.165) is 16.8 Å². The summed E-state index contributed by atoms with van der Waals surface area (Å²) in [5.74, 6) is -0.975. The summed E-state index contributed by atoms with van der Waals surface area (Å²) in [6.45, 7) is 2.92. The Balaban J connectivity index is 1.59. The summed E-state index contributed by atoms with van der Waals surface area (Å²) in [7, 11) is 0. The average Bonchev–Trinajstić information content (AvgIpc) is 3.23. The fourth-order valence-electron chi connectivity index (χ4n) is 3.49. The van der Waals surface area contributed by atoms with Crippen molar-refractivity contribution in [2.24, 2.45) is 5.16 Å². The van der Waals surface area contributed by atoms with Crippen molar-refractivity contribution >= 4 is 11.7 Å². The second-order valence-corrected chi connectivity index (χ2v) is 7.88. The largest absolute Gasteiger partial charge is 0.463 e. The molecule has 0 saturated carbocycles. The molecule has 172 valence electrons. The Morgan fingerprint density at radius 1 is 1.19 bits per heavy atom. The number of aliphatic hydroxyl groups excluding tert-OH is 1. The first-order chi connectivity index (χ1) is 15.4. The van der Waals surface area contributed by atoms with Crippen molar-refractivity contribution in [2.45, 2.75) is 44.9 Å². The third kappa shape index (κ3) is 7.39. The zero-order chi connectivity index (χ0) is 22.9. The van der Waals surface area contributed by atoms with Gasteiger partial charge in [0.05, 0.1) is 5.71 Å². The normalized spacial score (nSPS) is 16.5. The molecule has 1 N–H and O–H groups in total. The molecule has 32 heavy (non-hydrogen) atoms. The van der Waals surface area contributed by atoms with E-state index < -0.39 is 6.10 Å². The Morgan fingerprint density at radius 3 is 2.50 bits per heavy atom. The minimum Gasteiger partial charge on any atom is -0.463 e. The number of carbonyl (C=O) groups is 1. The van der Waals surface area contributed by atoms with E-state index in [1.54, 1.807) is 24.3 Å². The lowest BCUT2D eigenvalue weighted by molar-refractivity contribution is -0.147. The van der Waals surface area contributed by atoms with Gasteiger partial charge in [-0.2, -0.15) is 0 Å². The first-order valence-corrected chi connectivity index (χ1v) is 10.7. The van der Waals surface area contributed by atoms with Gasteiger partial charge in [-0.15, -0.1) is 0 Å². The lowest BCUT2D eigenvalue weighted by Crippen LogP contribution is -2.39. The Labute approximate surface area is 186 Å². The van der Waals surface area contributed by atoms with Crippen LogP contribution in [0.15, 0.2) is 53.7 Å². The number of esters is 1. The van der Waals surface area contributed by atoms with Crippen molar-refractivity contribution in [3.05, 3.63) is 71.3 Å². The fourth-order valence-corrected chi connectivity index (χ4v) is 3.49. The molecule has 6 nitrogen and oxygen atoms in total. The molecule has 3 rings (SSSR count). The number of carbonyl (C=O) groups excluding carboxylic acids is 1. The summed E-state index contributed by atoms with van der Waals surface area (Å²) in [6, 6.07) is 12.2. The average molecular weight is 446 g/mol. The summed E-state index contributed by atoms with van der Waals surface area (Å²) in [5, 5.41) is 14.5. The van der Waals surface area contributed by atoms with Gasteiger partial charge in [-0.25, -0.2) is 8.78 Å². The number of ether oxygens (including phenoxy) is 1. The van der Waals surface area contributed by atoms with Crippen LogP contribution >= 0.6 is 0 Å². The van der Waals surface area contributed by atoms with Crippen LogP contribution in [0.2, 0.25) is 0 Å². The van der Waals surface area contributed by atoms with Gasteiger partial charge in [0, 0.05) is 32.5 Å². The summed E-state index contributed by atoms with van der Waals surface area (Å²) in [4.78, 5) is 19.1. The molecule has 0 radical (unpaired) electrons. The van der Waals surface area contributed by atoms with E-state index >= 15 is 0 Å². The predicted molar refractivity (Wildman–Crippen MR) is 116 cm³/mol. The predicted octanol–water partition coefficient (Wildman–Crippen LogP) is 3.66. The van der Waals surface area contributed by atoms with Gasteiger partial charge in [0.25, 0.3) is 0 Å². The van der Waals surface area contributed by atoms with Gasteiger partial charge >= 0.3 is 5.97 Å². The molecule has 8 heteroatoms. The van der Waals surface area contributed by atoms with Crippen LogP contribution in [0, 0.1) is 11.6 Å². The molecule has 1 heterocycles. The molecular weight excluding hydrogens is 418 g/mol. The number of rotatable bonds is 11. The molecule has 2 unspecified atom stereocenters. The topological polar surface area (TPSA) is 71.4 Å². The maximum Gasteiger partial charge on any atom is 0.305 e. The standard InChI is InChI=1S/C24H28F2N2O4/c1-2-3-24(30)31-16-21(29)14-28(13-17-4-8-19(25)9-5-17)15-22-12-23(27-32-22)18-6-10-20(26)11-7-18/h4-11,21-22,29H,2-3,12-16H2,1H3. The molecule has 0 spiro atoms. The third-order valence-electron chi connectivity index (χ3n) is 5.05. The summed E-state index contributed by atoms with van der Waals surface area (Å²) >= 11 is 0. The van der Waals surface area contributed by atoms with E-state index in [-0.39, 0.29) is 36.9 Å². The van der Waals surface area contributed by atoms with Crippen LogP contribution in [0.5, 0.6) is 0 Å². The molecule has 2 aromatic carbocycles. The Hall–Kier alpha value is -2.84. The Morgan fingerprint density at radius 2 is 1.84 bits per heavy atom. The van der Waals surface area contributed by atoms with Crippen LogP contribution in [0.25, 0.3) is 0 Å². The lowest BCUT2D eigenvalue weighted by atomic mass is 10.0. The van der Waals surface area contributed by atoms with Crippen LogP contribution in [0.1, 0.15) is 37.3 Å². The third-order valence-corrected chi connectivity index (χ3v) is 5.05. The van der Waals surface area contributed by atoms with Crippen LogP contribution in [0.3, 0.4) is 0 Å². The van der Waals surface area contributed by atoms with Crippen molar-refractivity contribution in [2.75, 3.05) is 19.7 Å². The number of nitrogens with zero attached hydrogens (tertiary/aromatic N) is 2. The van der Waals surface area contributed by atoms with Crippen molar-refractivity contribution in [3.8, 4) is 0 Å². The Bertz CT molecular complexity index is 903. The first-order valence-electron chi connectivity index (χ1n) is 10.7.